The van der Waals surface area contributed by atoms with Gasteiger partial charge in [-0.1, -0.05) is 36.4 Å². The number of aliphatic hydroxyl groups is 1. The van der Waals surface area contributed by atoms with E-state index in [4.69, 9.17) is 4.98 Å². The lowest BCUT2D eigenvalue weighted by molar-refractivity contribution is 0.0921. The fraction of sp³-hybridized carbons (Fsp3) is 0.190. The monoisotopic (exact) mass is 373 g/mol. The summed E-state index contributed by atoms with van der Waals surface area (Å²) in [6.07, 6.45) is 2.53. The number of aliphatic hydroxyl groups excluding tert-OH is 1. The van der Waals surface area contributed by atoms with Crippen molar-refractivity contribution in [3.63, 3.8) is 0 Å². The van der Waals surface area contributed by atoms with Gasteiger partial charge in [0.25, 0.3) is 5.91 Å². The summed E-state index contributed by atoms with van der Waals surface area (Å²) in [5.41, 5.74) is 3.60. The number of nitrogens with zero attached hydrogens (tertiary/aromatic N) is 3. The largest absolute Gasteiger partial charge is 0.394 e. The fourth-order valence-corrected chi connectivity index (χ4v) is 3.82. The predicted octanol–water partition coefficient (Wildman–Crippen LogP) is 2.45. The van der Waals surface area contributed by atoms with E-state index in [0.29, 0.717) is 30.2 Å². The number of fused-ring (bicyclic) bond motifs is 2. The van der Waals surface area contributed by atoms with Crippen molar-refractivity contribution >= 4 is 16.8 Å². The molecule has 140 valence electrons. The molecule has 0 saturated heterocycles. The summed E-state index contributed by atoms with van der Waals surface area (Å²) < 4.78 is 1.69. The van der Waals surface area contributed by atoms with E-state index in [1.807, 2.05) is 54.7 Å². The number of nitrogens with one attached hydrogen (secondary N) is 2. The maximum atomic E-state index is 12.5. The fourth-order valence-electron chi connectivity index (χ4n) is 3.82. The number of hydrogen-bond donors (Lipinski definition) is 3. The van der Waals surface area contributed by atoms with Crippen LogP contribution in [0.5, 0.6) is 0 Å². The van der Waals surface area contributed by atoms with Crippen LogP contribution in [0.4, 0.5) is 0 Å². The Balaban J connectivity index is 1.58. The minimum Gasteiger partial charge on any atom is -0.394 e. The van der Waals surface area contributed by atoms with Gasteiger partial charge in [0, 0.05) is 34.6 Å². The van der Waals surface area contributed by atoms with Crippen LogP contribution in [-0.4, -0.2) is 37.4 Å². The smallest absolute Gasteiger partial charge is 0.252 e. The quantitative estimate of drug-likeness (QED) is 0.512. The van der Waals surface area contributed by atoms with Crippen LogP contribution in [0, 0.1) is 0 Å². The lowest BCUT2D eigenvalue weighted by atomic mass is 9.95. The molecular weight excluding hydrogens is 354 g/mol. The Hall–Kier alpha value is -3.45. The number of H-pyrrole nitrogens is 1. The standard InChI is InChI=1S/C21H19N5O2/c27-10-9-26-20(18-11-13-5-1-2-6-14(13)21(28)23-18)24-19(25-26)16-12-22-17-8-4-3-7-15(16)17/h1-8,12,18,22,27H,9-11H2,(H,23,28)/t18-/m0/s1. The van der Waals surface area contributed by atoms with Crippen LogP contribution in [0.3, 0.4) is 0 Å². The summed E-state index contributed by atoms with van der Waals surface area (Å²) in [6, 6.07) is 15.3. The minimum atomic E-state index is -0.291. The SMILES string of the molecule is O=C1N[C@H](c2nc(-c3c[nH]c4ccccc34)nn2CCO)Cc2ccccc21. The number of carbonyl (C=O) groups is 1. The van der Waals surface area contributed by atoms with Crippen molar-refractivity contribution in [1.29, 1.82) is 0 Å². The molecular formula is C21H19N5O2. The van der Waals surface area contributed by atoms with Crippen LogP contribution in [-0.2, 0) is 13.0 Å². The molecule has 7 heteroatoms. The Kier molecular flexibility index (Phi) is 3.95. The van der Waals surface area contributed by atoms with Crippen LogP contribution in [0.15, 0.2) is 54.7 Å². The van der Waals surface area contributed by atoms with E-state index in [1.165, 1.54) is 0 Å². The molecule has 0 fully saturated rings. The van der Waals surface area contributed by atoms with Crippen molar-refractivity contribution in [2.24, 2.45) is 0 Å². The lowest BCUT2D eigenvalue weighted by Crippen LogP contribution is -2.37. The van der Waals surface area contributed by atoms with Gasteiger partial charge >= 0.3 is 0 Å². The van der Waals surface area contributed by atoms with Gasteiger partial charge in [-0.25, -0.2) is 9.67 Å². The molecule has 0 aliphatic carbocycles. The number of aromatic amines is 1. The number of benzene rings is 2. The van der Waals surface area contributed by atoms with Gasteiger partial charge in [-0.15, -0.1) is 0 Å². The molecule has 7 nitrogen and oxygen atoms in total. The van der Waals surface area contributed by atoms with Crippen molar-refractivity contribution in [1.82, 2.24) is 25.1 Å². The zero-order valence-electron chi connectivity index (χ0n) is 15.1. The first-order valence-corrected chi connectivity index (χ1v) is 9.25. The van der Waals surface area contributed by atoms with Gasteiger partial charge in [0.2, 0.25) is 0 Å². The maximum absolute atomic E-state index is 12.5. The van der Waals surface area contributed by atoms with E-state index in [0.717, 1.165) is 22.0 Å². The summed E-state index contributed by atoms with van der Waals surface area (Å²) in [5, 5.41) is 18.2. The molecule has 0 saturated carbocycles. The second-order valence-electron chi connectivity index (χ2n) is 6.88. The molecule has 0 unspecified atom stereocenters. The molecule has 1 aliphatic heterocycles. The number of para-hydroxylation sites is 1. The highest BCUT2D eigenvalue weighted by molar-refractivity contribution is 5.97. The van der Waals surface area contributed by atoms with Crippen LogP contribution < -0.4 is 5.32 Å². The molecule has 1 amide bonds. The first kappa shape index (κ1) is 16.7. The second-order valence-corrected chi connectivity index (χ2v) is 6.88. The topological polar surface area (TPSA) is 95.8 Å². The average Bonchev–Trinajstić information content (AvgIpc) is 3.32. The molecule has 4 aromatic rings. The Bertz CT molecular complexity index is 1180. The van der Waals surface area contributed by atoms with E-state index in [9.17, 15) is 9.90 Å². The number of rotatable bonds is 4. The van der Waals surface area contributed by atoms with Crippen molar-refractivity contribution in [2.75, 3.05) is 6.61 Å². The Morgan fingerprint density at radius 3 is 2.82 bits per heavy atom. The Morgan fingerprint density at radius 1 is 1.11 bits per heavy atom. The maximum Gasteiger partial charge on any atom is 0.252 e. The predicted molar refractivity (Wildman–Crippen MR) is 105 cm³/mol. The summed E-state index contributed by atoms with van der Waals surface area (Å²) in [4.78, 5) is 20.5. The Labute approximate surface area is 161 Å². The van der Waals surface area contributed by atoms with Gasteiger partial charge in [0.05, 0.1) is 19.2 Å². The highest BCUT2D eigenvalue weighted by Gasteiger charge is 2.29. The van der Waals surface area contributed by atoms with Gasteiger partial charge in [0.1, 0.15) is 0 Å². The van der Waals surface area contributed by atoms with Gasteiger partial charge < -0.3 is 15.4 Å². The normalized spacial score (nSPS) is 16.2. The lowest BCUT2D eigenvalue weighted by Gasteiger charge is -2.25. The zero-order valence-corrected chi connectivity index (χ0v) is 15.1. The first-order valence-electron chi connectivity index (χ1n) is 9.25. The third kappa shape index (κ3) is 2.68. The Morgan fingerprint density at radius 2 is 1.93 bits per heavy atom. The highest BCUT2D eigenvalue weighted by atomic mass is 16.3. The van der Waals surface area contributed by atoms with Crippen molar-refractivity contribution < 1.29 is 9.90 Å². The van der Waals surface area contributed by atoms with E-state index in [1.54, 1.807) is 4.68 Å². The minimum absolute atomic E-state index is 0.0546. The first-order chi connectivity index (χ1) is 13.7. The van der Waals surface area contributed by atoms with Crippen LogP contribution in [0.1, 0.15) is 27.8 Å². The third-order valence-electron chi connectivity index (χ3n) is 5.15. The van der Waals surface area contributed by atoms with Crippen molar-refractivity contribution in [2.45, 2.75) is 19.0 Å². The number of amides is 1. The summed E-state index contributed by atoms with van der Waals surface area (Å²) in [5.74, 6) is 1.12. The van der Waals surface area contributed by atoms with E-state index < -0.39 is 0 Å². The molecule has 2 aromatic heterocycles. The number of hydrogen-bond acceptors (Lipinski definition) is 4. The number of carbonyl (C=O) groups excluding carboxylic acids is 1. The van der Waals surface area contributed by atoms with Crippen molar-refractivity contribution in [3.05, 3.63) is 71.7 Å². The molecule has 3 heterocycles. The molecule has 2 aromatic carbocycles. The van der Waals surface area contributed by atoms with E-state index in [2.05, 4.69) is 15.4 Å². The van der Waals surface area contributed by atoms with E-state index >= 15 is 0 Å². The van der Waals surface area contributed by atoms with Crippen LogP contribution in [0.2, 0.25) is 0 Å². The summed E-state index contributed by atoms with van der Waals surface area (Å²) in [6.45, 7) is 0.264. The molecule has 5 rings (SSSR count). The number of aromatic nitrogens is 4. The molecule has 28 heavy (non-hydrogen) atoms. The second kappa shape index (κ2) is 6.61. The van der Waals surface area contributed by atoms with Gasteiger partial charge in [0.15, 0.2) is 11.6 Å². The third-order valence-corrected chi connectivity index (χ3v) is 5.15. The van der Waals surface area contributed by atoms with Crippen molar-refractivity contribution in [3.8, 4) is 11.4 Å². The zero-order chi connectivity index (χ0) is 19.1. The van der Waals surface area contributed by atoms with Crippen LogP contribution >= 0.6 is 0 Å². The molecule has 1 aliphatic rings. The summed E-state index contributed by atoms with van der Waals surface area (Å²) in [7, 11) is 0. The van der Waals surface area contributed by atoms with Gasteiger partial charge in [-0.05, 0) is 17.7 Å². The molecule has 3 N–H and O–H groups in total. The van der Waals surface area contributed by atoms with Gasteiger partial charge in [-0.3, -0.25) is 4.79 Å². The molecule has 0 radical (unpaired) electrons. The van der Waals surface area contributed by atoms with Gasteiger partial charge in [-0.2, -0.15) is 5.10 Å². The summed E-state index contributed by atoms with van der Waals surface area (Å²) >= 11 is 0. The highest BCUT2D eigenvalue weighted by Crippen LogP contribution is 2.29. The molecule has 0 bridgehead atoms. The van der Waals surface area contributed by atoms with E-state index in [-0.39, 0.29) is 18.6 Å². The van der Waals surface area contributed by atoms with Crippen LogP contribution in [0.25, 0.3) is 22.3 Å². The average molecular weight is 373 g/mol. The molecule has 1 atom stereocenters. The molecule has 0 spiro atoms.